The smallest absolute Gasteiger partial charge is 0.272 e. The van der Waals surface area contributed by atoms with Crippen molar-refractivity contribution in [2.24, 2.45) is 16.8 Å². The molecule has 3 atom stereocenters. The van der Waals surface area contributed by atoms with Gasteiger partial charge >= 0.3 is 0 Å². The third-order valence-corrected chi connectivity index (χ3v) is 6.05. The lowest BCUT2D eigenvalue weighted by Crippen LogP contribution is -2.49. The topological polar surface area (TPSA) is 82.0 Å². The molecule has 0 bridgehead atoms. The number of fused-ring (bicyclic) bond motifs is 1. The van der Waals surface area contributed by atoms with Crippen LogP contribution in [0, 0.1) is 11.8 Å². The maximum Gasteiger partial charge on any atom is 0.272 e. The van der Waals surface area contributed by atoms with Crippen molar-refractivity contribution in [3.63, 3.8) is 0 Å². The monoisotopic (exact) mass is 449 g/mol. The number of amides is 2. The highest BCUT2D eigenvalue weighted by atomic mass is 16.3. The zero-order valence-corrected chi connectivity index (χ0v) is 20.0. The number of aliphatic hydroxyl groups is 1. The van der Waals surface area contributed by atoms with E-state index >= 15 is 0 Å². The van der Waals surface area contributed by atoms with Gasteiger partial charge in [0.1, 0.15) is 0 Å². The van der Waals surface area contributed by atoms with Crippen molar-refractivity contribution in [1.82, 2.24) is 5.32 Å². The summed E-state index contributed by atoms with van der Waals surface area (Å²) in [4.78, 5) is 33.0. The van der Waals surface area contributed by atoms with Crippen LogP contribution in [-0.4, -0.2) is 41.9 Å². The Labute approximate surface area is 196 Å². The quantitative estimate of drug-likeness (QED) is 0.603. The minimum Gasteiger partial charge on any atom is -0.392 e. The van der Waals surface area contributed by atoms with Crippen LogP contribution in [0.25, 0.3) is 0 Å². The molecule has 1 heterocycles. The molecule has 2 aromatic carbocycles. The SMILES string of the molecule is CCCCC(O)C(CC(C)C)C(=O)NC1N=C(c2ccccc2)c2ccccc2N(C)C1=O. The molecule has 2 N–H and O–H groups in total. The second kappa shape index (κ2) is 11.2. The Morgan fingerprint density at radius 3 is 2.45 bits per heavy atom. The average molecular weight is 450 g/mol. The molecular weight excluding hydrogens is 414 g/mol. The maximum atomic E-state index is 13.3. The fraction of sp³-hybridized carbons (Fsp3) is 0.444. The van der Waals surface area contributed by atoms with Crippen LogP contribution in [0.1, 0.15) is 57.6 Å². The Bertz CT molecular complexity index is 987. The van der Waals surface area contributed by atoms with Crippen LogP contribution in [0.3, 0.4) is 0 Å². The van der Waals surface area contributed by atoms with Crippen molar-refractivity contribution in [2.75, 3.05) is 11.9 Å². The normalized spacial score (nSPS) is 17.8. The van der Waals surface area contributed by atoms with Crippen molar-refractivity contribution >= 4 is 23.2 Å². The van der Waals surface area contributed by atoms with Gasteiger partial charge in [-0.05, 0) is 24.8 Å². The first-order valence-electron chi connectivity index (χ1n) is 11.8. The molecular formula is C27H35N3O3. The molecule has 3 rings (SSSR count). The molecule has 0 saturated heterocycles. The van der Waals surface area contributed by atoms with Crippen LogP contribution in [0.2, 0.25) is 0 Å². The largest absolute Gasteiger partial charge is 0.392 e. The van der Waals surface area contributed by atoms with E-state index in [4.69, 9.17) is 4.99 Å². The first kappa shape index (κ1) is 24.6. The van der Waals surface area contributed by atoms with E-state index in [1.54, 1.807) is 11.9 Å². The number of unbranched alkanes of at least 4 members (excludes halogenated alkanes) is 1. The molecule has 0 saturated carbocycles. The summed E-state index contributed by atoms with van der Waals surface area (Å²) < 4.78 is 0. The van der Waals surface area contributed by atoms with Gasteiger partial charge in [0.05, 0.1) is 23.4 Å². The number of nitrogens with zero attached hydrogens (tertiary/aromatic N) is 2. The third-order valence-electron chi connectivity index (χ3n) is 6.05. The molecule has 0 spiro atoms. The highest BCUT2D eigenvalue weighted by Crippen LogP contribution is 2.27. The van der Waals surface area contributed by atoms with Gasteiger partial charge in [-0.1, -0.05) is 82.1 Å². The molecule has 2 amide bonds. The molecule has 6 nitrogen and oxygen atoms in total. The molecule has 0 aromatic heterocycles. The predicted octanol–water partition coefficient (Wildman–Crippen LogP) is 4.16. The van der Waals surface area contributed by atoms with E-state index in [1.807, 2.05) is 68.4 Å². The number of aliphatic hydroxyl groups excluding tert-OH is 1. The summed E-state index contributed by atoms with van der Waals surface area (Å²) >= 11 is 0. The number of carbonyl (C=O) groups is 2. The van der Waals surface area contributed by atoms with E-state index in [0.29, 0.717) is 18.6 Å². The Morgan fingerprint density at radius 1 is 1.12 bits per heavy atom. The summed E-state index contributed by atoms with van der Waals surface area (Å²) in [5, 5.41) is 13.6. The number of hydrogen-bond donors (Lipinski definition) is 2. The standard InChI is InChI=1S/C27H35N3O3/c1-5-6-16-23(31)21(17-18(2)3)26(32)29-25-27(33)30(4)22-15-11-10-14-20(22)24(28-25)19-12-8-7-9-13-19/h7-15,18,21,23,25,31H,5-6,16-17H2,1-4H3,(H,29,32). The second-order valence-electron chi connectivity index (χ2n) is 9.11. The molecule has 1 aliphatic rings. The lowest BCUT2D eigenvalue weighted by molar-refractivity contribution is -0.133. The highest BCUT2D eigenvalue weighted by molar-refractivity contribution is 6.20. The van der Waals surface area contributed by atoms with Crippen molar-refractivity contribution < 1.29 is 14.7 Å². The Morgan fingerprint density at radius 2 is 1.79 bits per heavy atom. The van der Waals surface area contributed by atoms with Crippen LogP contribution < -0.4 is 10.2 Å². The minimum atomic E-state index is -1.07. The first-order valence-corrected chi connectivity index (χ1v) is 11.8. The molecule has 0 fully saturated rings. The number of para-hydroxylation sites is 1. The van der Waals surface area contributed by atoms with Gasteiger partial charge in [-0.2, -0.15) is 0 Å². The minimum absolute atomic E-state index is 0.233. The zero-order valence-electron chi connectivity index (χ0n) is 20.0. The molecule has 3 unspecified atom stereocenters. The van der Waals surface area contributed by atoms with Gasteiger partial charge in [-0.15, -0.1) is 0 Å². The van der Waals surface area contributed by atoms with Crippen LogP contribution in [-0.2, 0) is 9.59 Å². The molecule has 1 aliphatic heterocycles. The summed E-state index contributed by atoms with van der Waals surface area (Å²) in [7, 11) is 1.70. The molecule has 6 heteroatoms. The molecule has 2 aromatic rings. The van der Waals surface area contributed by atoms with E-state index < -0.39 is 18.2 Å². The van der Waals surface area contributed by atoms with Gasteiger partial charge in [0, 0.05) is 18.2 Å². The molecule has 176 valence electrons. The van der Waals surface area contributed by atoms with Gasteiger partial charge < -0.3 is 15.3 Å². The summed E-state index contributed by atoms with van der Waals surface area (Å²) in [6.45, 7) is 6.11. The zero-order chi connectivity index (χ0) is 24.0. The van der Waals surface area contributed by atoms with E-state index in [0.717, 1.165) is 29.7 Å². The number of hydrogen-bond acceptors (Lipinski definition) is 4. The van der Waals surface area contributed by atoms with Crippen LogP contribution >= 0.6 is 0 Å². The Hall–Kier alpha value is -2.99. The van der Waals surface area contributed by atoms with Gasteiger partial charge in [-0.3, -0.25) is 9.59 Å². The van der Waals surface area contributed by atoms with Gasteiger partial charge in [0.25, 0.3) is 5.91 Å². The van der Waals surface area contributed by atoms with Gasteiger partial charge in [0.15, 0.2) is 0 Å². The summed E-state index contributed by atoms with van der Waals surface area (Å²) in [5.41, 5.74) is 3.09. The number of carbonyl (C=O) groups excluding carboxylic acids is 2. The van der Waals surface area contributed by atoms with Crippen molar-refractivity contribution in [3.05, 3.63) is 65.7 Å². The number of benzodiazepines with no additional fused rings is 1. The van der Waals surface area contributed by atoms with Crippen molar-refractivity contribution in [1.29, 1.82) is 0 Å². The highest BCUT2D eigenvalue weighted by Gasteiger charge is 2.34. The van der Waals surface area contributed by atoms with E-state index in [-0.39, 0.29) is 17.7 Å². The van der Waals surface area contributed by atoms with Crippen molar-refractivity contribution in [2.45, 2.75) is 58.7 Å². The number of nitrogens with one attached hydrogen (secondary N) is 1. The number of benzene rings is 2. The molecule has 0 aliphatic carbocycles. The van der Waals surface area contributed by atoms with Gasteiger partial charge in [0.2, 0.25) is 12.1 Å². The van der Waals surface area contributed by atoms with E-state index in [1.165, 1.54) is 0 Å². The second-order valence-corrected chi connectivity index (χ2v) is 9.11. The number of anilines is 1. The number of likely N-dealkylation sites (N-methyl/N-ethyl adjacent to an activating group) is 1. The van der Waals surface area contributed by atoms with E-state index in [2.05, 4.69) is 12.2 Å². The van der Waals surface area contributed by atoms with Crippen molar-refractivity contribution in [3.8, 4) is 0 Å². The Kier molecular flexibility index (Phi) is 8.39. The lowest BCUT2D eigenvalue weighted by atomic mass is 9.88. The molecule has 0 radical (unpaired) electrons. The fourth-order valence-corrected chi connectivity index (χ4v) is 4.25. The lowest BCUT2D eigenvalue weighted by Gasteiger charge is -2.26. The average Bonchev–Trinajstić information content (AvgIpc) is 2.92. The maximum absolute atomic E-state index is 13.3. The van der Waals surface area contributed by atoms with Crippen LogP contribution in [0.5, 0.6) is 0 Å². The summed E-state index contributed by atoms with van der Waals surface area (Å²) in [5.74, 6) is -0.998. The third kappa shape index (κ3) is 5.88. The predicted molar refractivity (Wildman–Crippen MR) is 132 cm³/mol. The number of aliphatic imine (C=N–C) groups is 1. The number of rotatable bonds is 9. The molecule has 33 heavy (non-hydrogen) atoms. The fourth-order valence-electron chi connectivity index (χ4n) is 4.25. The van der Waals surface area contributed by atoms with E-state index in [9.17, 15) is 14.7 Å². The van der Waals surface area contributed by atoms with Gasteiger partial charge in [-0.25, -0.2) is 4.99 Å². The Balaban J connectivity index is 1.97. The first-order chi connectivity index (χ1) is 15.8. The summed E-state index contributed by atoms with van der Waals surface area (Å²) in [6.07, 6.45) is 1.08. The van der Waals surface area contributed by atoms with Crippen LogP contribution in [0.15, 0.2) is 59.6 Å². The summed E-state index contributed by atoms with van der Waals surface area (Å²) in [6, 6.07) is 17.3. The van der Waals surface area contributed by atoms with Crippen LogP contribution in [0.4, 0.5) is 5.69 Å².